The van der Waals surface area contributed by atoms with Crippen LogP contribution in [0.2, 0.25) is 0 Å². The van der Waals surface area contributed by atoms with E-state index in [0.717, 1.165) is 18.7 Å². The van der Waals surface area contributed by atoms with Crippen molar-refractivity contribution < 1.29 is 4.42 Å². The number of hydrogen-bond donors (Lipinski definition) is 0. The van der Waals surface area contributed by atoms with Crippen LogP contribution in [0.1, 0.15) is 43.3 Å². The SMILES string of the molecule is N#Cc1cnc(C2CCCC2)o1. The van der Waals surface area contributed by atoms with Crippen LogP contribution in [0.25, 0.3) is 0 Å². The first-order valence-corrected chi connectivity index (χ1v) is 4.26. The Labute approximate surface area is 71.0 Å². The van der Waals surface area contributed by atoms with Crippen LogP contribution in [-0.4, -0.2) is 4.98 Å². The fourth-order valence-corrected chi connectivity index (χ4v) is 1.70. The first kappa shape index (κ1) is 7.35. The van der Waals surface area contributed by atoms with Crippen molar-refractivity contribution >= 4 is 0 Å². The molecule has 1 fully saturated rings. The van der Waals surface area contributed by atoms with Gasteiger partial charge in [0.25, 0.3) is 0 Å². The zero-order chi connectivity index (χ0) is 8.39. The van der Waals surface area contributed by atoms with Crippen molar-refractivity contribution in [3.05, 3.63) is 17.8 Å². The number of hydrogen-bond acceptors (Lipinski definition) is 3. The smallest absolute Gasteiger partial charge is 0.223 e. The lowest BCUT2D eigenvalue weighted by Crippen LogP contribution is -1.90. The normalized spacial score (nSPS) is 17.9. The van der Waals surface area contributed by atoms with E-state index in [2.05, 4.69) is 4.98 Å². The molecular weight excluding hydrogens is 152 g/mol. The van der Waals surface area contributed by atoms with Crippen molar-refractivity contribution in [1.29, 1.82) is 5.26 Å². The third kappa shape index (κ3) is 1.20. The molecule has 0 aromatic carbocycles. The number of oxazole rings is 1. The second kappa shape index (κ2) is 2.98. The van der Waals surface area contributed by atoms with Gasteiger partial charge >= 0.3 is 0 Å². The van der Waals surface area contributed by atoms with Gasteiger partial charge in [0.1, 0.15) is 6.07 Å². The van der Waals surface area contributed by atoms with Crippen LogP contribution in [0.3, 0.4) is 0 Å². The highest BCUT2D eigenvalue weighted by molar-refractivity contribution is 5.13. The molecule has 62 valence electrons. The van der Waals surface area contributed by atoms with Gasteiger partial charge in [0.15, 0.2) is 5.89 Å². The predicted molar refractivity (Wildman–Crippen MR) is 42.4 cm³/mol. The fraction of sp³-hybridized carbons (Fsp3) is 0.556. The van der Waals surface area contributed by atoms with Gasteiger partial charge in [0.05, 0.1) is 6.20 Å². The standard InChI is InChI=1S/C9H10N2O/c10-5-8-6-11-9(12-8)7-3-1-2-4-7/h6-7H,1-4H2. The second-order valence-corrected chi connectivity index (χ2v) is 3.16. The highest BCUT2D eigenvalue weighted by atomic mass is 16.4. The van der Waals surface area contributed by atoms with E-state index in [9.17, 15) is 0 Å². The Morgan fingerprint density at radius 3 is 2.83 bits per heavy atom. The molecule has 1 aromatic heterocycles. The molecule has 12 heavy (non-hydrogen) atoms. The summed E-state index contributed by atoms with van der Waals surface area (Å²) in [6, 6.07) is 1.94. The monoisotopic (exact) mass is 162 g/mol. The summed E-state index contributed by atoms with van der Waals surface area (Å²) < 4.78 is 5.24. The van der Waals surface area contributed by atoms with E-state index in [1.165, 1.54) is 19.0 Å². The molecule has 2 rings (SSSR count). The van der Waals surface area contributed by atoms with Crippen molar-refractivity contribution in [3.8, 4) is 6.07 Å². The van der Waals surface area contributed by atoms with E-state index in [0.29, 0.717) is 11.7 Å². The Morgan fingerprint density at radius 2 is 2.25 bits per heavy atom. The average Bonchev–Trinajstić information content (AvgIpc) is 2.75. The molecule has 0 amide bonds. The summed E-state index contributed by atoms with van der Waals surface area (Å²) in [5.41, 5.74) is 0. The van der Waals surface area contributed by atoms with Gasteiger partial charge in [-0.2, -0.15) is 5.26 Å². The first-order chi connectivity index (χ1) is 5.90. The highest BCUT2D eigenvalue weighted by Gasteiger charge is 2.21. The van der Waals surface area contributed by atoms with Gasteiger partial charge < -0.3 is 4.42 Å². The van der Waals surface area contributed by atoms with Crippen LogP contribution >= 0.6 is 0 Å². The maximum Gasteiger partial charge on any atom is 0.223 e. The molecule has 0 unspecified atom stereocenters. The molecule has 1 saturated carbocycles. The van der Waals surface area contributed by atoms with Crippen LogP contribution in [0.4, 0.5) is 0 Å². The van der Waals surface area contributed by atoms with E-state index in [1.54, 1.807) is 0 Å². The quantitative estimate of drug-likeness (QED) is 0.636. The maximum atomic E-state index is 8.51. The zero-order valence-electron chi connectivity index (χ0n) is 6.79. The van der Waals surface area contributed by atoms with E-state index < -0.39 is 0 Å². The first-order valence-electron chi connectivity index (χ1n) is 4.26. The third-order valence-corrected chi connectivity index (χ3v) is 2.34. The minimum atomic E-state index is 0.330. The molecule has 0 bridgehead atoms. The maximum absolute atomic E-state index is 8.51. The number of rotatable bonds is 1. The lowest BCUT2D eigenvalue weighted by Gasteiger charge is -2.00. The summed E-state index contributed by atoms with van der Waals surface area (Å²) in [4.78, 5) is 4.08. The van der Waals surface area contributed by atoms with Crippen LogP contribution in [-0.2, 0) is 0 Å². The number of nitrogens with zero attached hydrogens (tertiary/aromatic N) is 2. The lowest BCUT2D eigenvalue weighted by molar-refractivity contribution is 0.441. The van der Waals surface area contributed by atoms with E-state index in [4.69, 9.17) is 9.68 Å². The van der Waals surface area contributed by atoms with Crippen LogP contribution in [0.5, 0.6) is 0 Å². The van der Waals surface area contributed by atoms with Gasteiger partial charge in [-0.15, -0.1) is 0 Å². The summed E-state index contributed by atoms with van der Waals surface area (Å²) in [7, 11) is 0. The molecular formula is C9H10N2O. The molecule has 0 spiro atoms. The molecule has 1 aromatic rings. The van der Waals surface area contributed by atoms with Gasteiger partial charge in [-0.05, 0) is 12.8 Å². The zero-order valence-corrected chi connectivity index (χ0v) is 6.79. The Hall–Kier alpha value is -1.30. The minimum Gasteiger partial charge on any atom is -0.430 e. The summed E-state index contributed by atoms with van der Waals surface area (Å²) in [5, 5.41) is 8.51. The van der Waals surface area contributed by atoms with Crippen molar-refractivity contribution in [3.63, 3.8) is 0 Å². The summed E-state index contributed by atoms with van der Waals surface area (Å²) in [6.45, 7) is 0. The molecule has 0 saturated heterocycles. The fourth-order valence-electron chi connectivity index (χ4n) is 1.70. The summed E-state index contributed by atoms with van der Waals surface area (Å²) in [6.07, 6.45) is 6.34. The average molecular weight is 162 g/mol. The highest BCUT2D eigenvalue weighted by Crippen LogP contribution is 2.33. The van der Waals surface area contributed by atoms with E-state index in [-0.39, 0.29) is 0 Å². The van der Waals surface area contributed by atoms with Crippen molar-refractivity contribution in [1.82, 2.24) is 4.98 Å². The van der Waals surface area contributed by atoms with Crippen LogP contribution in [0, 0.1) is 11.3 Å². The van der Waals surface area contributed by atoms with E-state index in [1.807, 2.05) is 6.07 Å². The lowest BCUT2D eigenvalue weighted by atomic mass is 10.1. The van der Waals surface area contributed by atoms with E-state index >= 15 is 0 Å². The summed E-state index contributed by atoms with van der Waals surface area (Å²) >= 11 is 0. The van der Waals surface area contributed by atoms with Crippen LogP contribution in [0.15, 0.2) is 10.6 Å². The van der Waals surface area contributed by atoms with Gasteiger partial charge in [0.2, 0.25) is 5.76 Å². The molecule has 0 aliphatic heterocycles. The van der Waals surface area contributed by atoms with Gasteiger partial charge in [0, 0.05) is 5.92 Å². The number of nitriles is 1. The Bertz CT molecular complexity index is 305. The molecule has 1 heterocycles. The van der Waals surface area contributed by atoms with Crippen LogP contribution < -0.4 is 0 Å². The molecule has 0 atom stereocenters. The van der Waals surface area contributed by atoms with Gasteiger partial charge in [-0.3, -0.25) is 0 Å². The molecule has 0 radical (unpaired) electrons. The third-order valence-electron chi connectivity index (χ3n) is 2.34. The molecule has 3 heteroatoms. The largest absolute Gasteiger partial charge is 0.430 e. The Balaban J connectivity index is 2.17. The van der Waals surface area contributed by atoms with Crippen molar-refractivity contribution in [2.45, 2.75) is 31.6 Å². The Kier molecular flexibility index (Phi) is 1.83. The molecule has 3 nitrogen and oxygen atoms in total. The van der Waals surface area contributed by atoms with Gasteiger partial charge in [-0.1, -0.05) is 12.8 Å². The van der Waals surface area contributed by atoms with Crippen molar-refractivity contribution in [2.75, 3.05) is 0 Å². The second-order valence-electron chi connectivity index (χ2n) is 3.16. The topological polar surface area (TPSA) is 49.8 Å². The summed E-state index contributed by atoms with van der Waals surface area (Å²) in [5.74, 6) is 1.55. The number of aromatic nitrogens is 1. The molecule has 0 N–H and O–H groups in total. The molecule has 1 aliphatic carbocycles. The minimum absolute atomic E-state index is 0.330. The van der Waals surface area contributed by atoms with Gasteiger partial charge in [-0.25, -0.2) is 4.98 Å². The molecule has 1 aliphatic rings. The Morgan fingerprint density at radius 1 is 1.50 bits per heavy atom. The van der Waals surface area contributed by atoms with Crippen molar-refractivity contribution in [2.24, 2.45) is 0 Å². The predicted octanol–water partition coefficient (Wildman–Crippen LogP) is 2.20.